The molecule has 0 unspecified atom stereocenters. The lowest BCUT2D eigenvalue weighted by Gasteiger charge is -2.10. The van der Waals surface area contributed by atoms with Crippen molar-refractivity contribution < 1.29 is 24.5 Å². The number of H-pyrrole nitrogens is 1. The fraction of sp³-hybridized carbons (Fsp3) is 0.120. The minimum Gasteiger partial charge on any atom is -0.496 e. The van der Waals surface area contributed by atoms with Crippen LogP contribution in [0.15, 0.2) is 58.6 Å². The summed E-state index contributed by atoms with van der Waals surface area (Å²) in [6.45, 7) is 3.71. The Labute approximate surface area is 215 Å². The molecular weight excluding hydrogens is 504 g/mol. The molecule has 0 spiro atoms. The maximum absolute atomic E-state index is 12.1. The van der Waals surface area contributed by atoms with E-state index in [1.807, 2.05) is 24.5 Å². The summed E-state index contributed by atoms with van der Waals surface area (Å²) in [6, 6.07) is 13.5. The lowest BCUT2D eigenvalue weighted by Crippen LogP contribution is -2.03. The number of carboxylic acids is 2. The summed E-state index contributed by atoms with van der Waals surface area (Å²) in [5.74, 6) is -1.23. The Morgan fingerprint density at radius 1 is 1.14 bits per heavy atom. The number of aliphatic carboxylic acids is 1. The Hall–Kier alpha value is -4.02. The van der Waals surface area contributed by atoms with Crippen molar-refractivity contribution >= 4 is 41.4 Å². The number of aromatic carboxylic acids is 1. The van der Waals surface area contributed by atoms with E-state index in [-0.39, 0.29) is 15.6 Å². The lowest BCUT2D eigenvalue weighted by molar-refractivity contribution is -0.131. The van der Waals surface area contributed by atoms with E-state index in [2.05, 4.69) is 15.2 Å². The average Bonchev–Trinajstić information content (AvgIpc) is 3.42. The average molecular weight is 525 g/mol. The van der Waals surface area contributed by atoms with Crippen LogP contribution >= 0.6 is 23.4 Å². The van der Waals surface area contributed by atoms with Gasteiger partial charge in [-0.3, -0.25) is 5.10 Å². The van der Waals surface area contributed by atoms with Crippen LogP contribution in [0.3, 0.4) is 0 Å². The minimum atomic E-state index is -1.13. The summed E-state index contributed by atoms with van der Waals surface area (Å²) in [7, 11) is 1.53. The van der Waals surface area contributed by atoms with Crippen LogP contribution in [0, 0.1) is 13.8 Å². The monoisotopic (exact) mass is 524 g/mol. The molecule has 0 saturated heterocycles. The highest BCUT2D eigenvalue weighted by atomic mass is 35.5. The largest absolute Gasteiger partial charge is 0.496 e. The highest BCUT2D eigenvalue weighted by Gasteiger charge is 2.18. The van der Waals surface area contributed by atoms with E-state index < -0.39 is 11.9 Å². The predicted molar refractivity (Wildman–Crippen MR) is 137 cm³/mol. The first-order valence-corrected chi connectivity index (χ1v) is 11.8. The van der Waals surface area contributed by atoms with Crippen LogP contribution in [-0.4, -0.2) is 49.0 Å². The molecule has 4 aromatic rings. The molecule has 4 rings (SSSR count). The normalized spacial score (nSPS) is 11.5. The molecule has 3 N–H and O–H groups in total. The van der Waals surface area contributed by atoms with Gasteiger partial charge in [-0.15, -0.1) is 5.10 Å². The number of nitrogens with zero attached hydrogens (tertiary/aromatic N) is 3. The Balaban J connectivity index is 1.67. The third kappa shape index (κ3) is 5.14. The van der Waals surface area contributed by atoms with E-state index in [0.29, 0.717) is 33.4 Å². The molecule has 0 bridgehead atoms. The number of halogens is 1. The van der Waals surface area contributed by atoms with E-state index in [9.17, 15) is 19.8 Å². The fourth-order valence-corrected chi connectivity index (χ4v) is 4.63. The molecule has 2 aromatic carbocycles. The Morgan fingerprint density at radius 3 is 2.61 bits per heavy atom. The van der Waals surface area contributed by atoms with Crippen LogP contribution in [0.5, 0.6) is 5.75 Å². The van der Waals surface area contributed by atoms with E-state index in [1.54, 1.807) is 42.5 Å². The standard InChI is InChI=1S/C25H21ClN4O5S/c1-13-9-16(14(2)30(13)18-6-4-5-15(10-18)23(31)32)11-21(24(33)34)36-25-27-22(28-29-25)19-12-17(26)7-8-20(19)35-3/h4-12H,1-3H3,(H,31,32)(H,33,34)(H,27,28,29)/b21-11-. The third-order valence-corrected chi connectivity index (χ3v) is 6.51. The van der Waals surface area contributed by atoms with Crippen LogP contribution in [0.25, 0.3) is 23.2 Å². The number of aromatic amines is 1. The van der Waals surface area contributed by atoms with Gasteiger partial charge in [0.15, 0.2) is 5.82 Å². The maximum Gasteiger partial charge on any atom is 0.342 e. The molecule has 184 valence electrons. The zero-order valence-electron chi connectivity index (χ0n) is 19.4. The maximum atomic E-state index is 12.1. The van der Waals surface area contributed by atoms with Gasteiger partial charge in [-0.1, -0.05) is 17.7 Å². The van der Waals surface area contributed by atoms with Crippen molar-refractivity contribution in [1.82, 2.24) is 19.7 Å². The molecule has 0 aliphatic rings. The molecule has 0 amide bonds. The zero-order valence-corrected chi connectivity index (χ0v) is 21.0. The first kappa shape index (κ1) is 25.1. The highest BCUT2D eigenvalue weighted by Crippen LogP contribution is 2.33. The molecule has 0 radical (unpaired) electrons. The summed E-state index contributed by atoms with van der Waals surface area (Å²) in [4.78, 5) is 27.9. The summed E-state index contributed by atoms with van der Waals surface area (Å²) in [5, 5.41) is 26.8. The number of carbonyl (C=O) groups is 2. The van der Waals surface area contributed by atoms with Gasteiger partial charge >= 0.3 is 11.9 Å². The number of thioether (sulfide) groups is 1. The molecule has 0 fully saturated rings. The first-order chi connectivity index (χ1) is 17.2. The van der Waals surface area contributed by atoms with Crippen LogP contribution in [-0.2, 0) is 4.79 Å². The molecule has 0 atom stereocenters. The number of hydrogen-bond acceptors (Lipinski definition) is 6. The number of hydrogen-bond donors (Lipinski definition) is 3. The van der Waals surface area contributed by atoms with Crippen molar-refractivity contribution in [3.63, 3.8) is 0 Å². The second-order valence-corrected chi connectivity index (χ2v) is 9.19. The molecule has 0 aliphatic heterocycles. The minimum absolute atomic E-state index is 0.0122. The van der Waals surface area contributed by atoms with Crippen LogP contribution in [0.1, 0.15) is 27.3 Å². The molecule has 0 saturated carbocycles. The van der Waals surface area contributed by atoms with E-state index >= 15 is 0 Å². The Bertz CT molecular complexity index is 1510. The van der Waals surface area contributed by atoms with Gasteiger partial charge in [-0.25, -0.2) is 14.6 Å². The summed E-state index contributed by atoms with van der Waals surface area (Å²) < 4.78 is 7.23. The van der Waals surface area contributed by atoms with E-state index in [0.717, 1.165) is 23.1 Å². The van der Waals surface area contributed by atoms with Crippen molar-refractivity contribution in [2.45, 2.75) is 19.0 Å². The zero-order chi connectivity index (χ0) is 26.0. The predicted octanol–water partition coefficient (Wildman–Crippen LogP) is 5.46. The lowest BCUT2D eigenvalue weighted by atomic mass is 10.2. The number of benzene rings is 2. The summed E-state index contributed by atoms with van der Waals surface area (Å²) in [6.07, 6.45) is 1.54. The number of carboxylic acid groups (broad SMARTS) is 2. The van der Waals surface area contributed by atoms with Crippen molar-refractivity contribution in [2.75, 3.05) is 7.11 Å². The van der Waals surface area contributed by atoms with Gasteiger partial charge in [0.1, 0.15) is 10.7 Å². The van der Waals surface area contributed by atoms with Crippen LogP contribution in [0.2, 0.25) is 5.02 Å². The number of aromatic nitrogens is 4. The summed E-state index contributed by atoms with van der Waals surface area (Å²) >= 11 is 7.00. The first-order valence-electron chi connectivity index (χ1n) is 10.6. The van der Waals surface area contributed by atoms with Gasteiger partial charge in [0.05, 0.1) is 18.2 Å². The summed E-state index contributed by atoms with van der Waals surface area (Å²) in [5.41, 5.74) is 3.68. The molecule has 0 aliphatic carbocycles. The van der Waals surface area contributed by atoms with Crippen molar-refractivity contribution in [3.05, 3.63) is 81.0 Å². The van der Waals surface area contributed by atoms with E-state index in [1.165, 1.54) is 13.2 Å². The smallest absolute Gasteiger partial charge is 0.342 e. The third-order valence-electron chi connectivity index (χ3n) is 5.40. The van der Waals surface area contributed by atoms with Crippen LogP contribution in [0.4, 0.5) is 0 Å². The van der Waals surface area contributed by atoms with Gasteiger partial charge < -0.3 is 19.5 Å². The van der Waals surface area contributed by atoms with Gasteiger partial charge in [-0.05, 0) is 79.7 Å². The SMILES string of the molecule is COc1ccc(Cl)cc1-c1nc(S/C(=C\c2cc(C)n(-c3cccc(C(=O)O)c3)c2C)C(=O)O)n[nH]1. The molecule has 11 heteroatoms. The number of aryl methyl sites for hydroxylation is 1. The van der Waals surface area contributed by atoms with Gasteiger partial charge in [-0.2, -0.15) is 0 Å². The molecule has 36 heavy (non-hydrogen) atoms. The van der Waals surface area contributed by atoms with Gasteiger partial charge in [0, 0.05) is 22.1 Å². The Kier molecular flexibility index (Phi) is 7.18. The van der Waals surface area contributed by atoms with Gasteiger partial charge in [0.2, 0.25) is 5.16 Å². The van der Waals surface area contributed by atoms with Crippen molar-refractivity contribution in [3.8, 4) is 22.8 Å². The van der Waals surface area contributed by atoms with Gasteiger partial charge in [0.25, 0.3) is 0 Å². The van der Waals surface area contributed by atoms with Crippen LogP contribution < -0.4 is 4.74 Å². The van der Waals surface area contributed by atoms with E-state index in [4.69, 9.17) is 16.3 Å². The molecule has 9 nitrogen and oxygen atoms in total. The molecule has 2 heterocycles. The van der Waals surface area contributed by atoms with Crippen molar-refractivity contribution in [2.24, 2.45) is 0 Å². The number of ether oxygens (including phenoxy) is 1. The number of methoxy groups -OCH3 is 1. The Morgan fingerprint density at radius 2 is 1.92 bits per heavy atom. The molecular formula is C25H21ClN4O5S. The molecule has 2 aromatic heterocycles. The fourth-order valence-electron chi connectivity index (χ4n) is 3.76. The number of rotatable bonds is 8. The van der Waals surface area contributed by atoms with Crippen molar-refractivity contribution in [1.29, 1.82) is 0 Å². The second-order valence-electron chi connectivity index (χ2n) is 7.74. The topological polar surface area (TPSA) is 130 Å². The second kappa shape index (κ2) is 10.3. The quantitative estimate of drug-likeness (QED) is 0.205. The highest BCUT2D eigenvalue weighted by molar-refractivity contribution is 8.04. The number of nitrogens with one attached hydrogen (secondary N) is 1.